The summed E-state index contributed by atoms with van der Waals surface area (Å²) in [4.78, 5) is 10.6. The molecule has 5 heteroatoms. The number of nitrogens with zero attached hydrogens (tertiary/aromatic N) is 3. The van der Waals surface area contributed by atoms with Gasteiger partial charge in [-0.15, -0.1) is 0 Å². The molecule has 0 aliphatic heterocycles. The van der Waals surface area contributed by atoms with E-state index in [1.165, 1.54) is 38.5 Å². The van der Waals surface area contributed by atoms with E-state index in [4.69, 9.17) is 0 Å². The van der Waals surface area contributed by atoms with Gasteiger partial charge in [0, 0.05) is 39.4 Å². The predicted octanol–water partition coefficient (Wildman–Crippen LogP) is 2.27. The minimum absolute atomic E-state index is 0.710. The average Bonchev–Trinajstić information content (AvgIpc) is 2.72. The maximum absolute atomic E-state index is 4.45. The van der Waals surface area contributed by atoms with Crippen LogP contribution >= 0.6 is 0 Å². The van der Waals surface area contributed by atoms with Gasteiger partial charge in [-0.3, -0.25) is 0 Å². The van der Waals surface area contributed by atoms with Gasteiger partial charge in [0.15, 0.2) is 0 Å². The molecule has 2 N–H and O–H groups in total. The predicted molar refractivity (Wildman–Crippen MR) is 84.3 cm³/mol. The van der Waals surface area contributed by atoms with Crippen molar-refractivity contribution in [1.82, 2.24) is 15.3 Å². The van der Waals surface area contributed by atoms with Crippen LogP contribution in [0.25, 0.3) is 0 Å². The van der Waals surface area contributed by atoms with Gasteiger partial charge in [-0.05, 0) is 18.9 Å². The number of anilines is 2. The molecule has 0 saturated heterocycles. The van der Waals surface area contributed by atoms with Crippen molar-refractivity contribution in [3.8, 4) is 0 Å². The van der Waals surface area contributed by atoms with Crippen LogP contribution in [0.3, 0.4) is 0 Å². The average molecular weight is 277 g/mol. The molecular weight excluding hydrogens is 250 g/mol. The Bertz CT molecular complexity index is 386. The summed E-state index contributed by atoms with van der Waals surface area (Å²) in [5.41, 5.74) is 0. The lowest BCUT2D eigenvalue weighted by Crippen LogP contribution is -2.32. The highest BCUT2D eigenvalue weighted by Gasteiger charge is 2.10. The second kappa shape index (κ2) is 8.04. The van der Waals surface area contributed by atoms with E-state index in [2.05, 4.69) is 20.6 Å². The molecule has 112 valence electrons. The molecule has 1 aromatic heterocycles. The maximum atomic E-state index is 4.45. The second-order valence-electron chi connectivity index (χ2n) is 5.71. The summed E-state index contributed by atoms with van der Waals surface area (Å²) in [5, 5.41) is 7.01. The van der Waals surface area contributed by atoms with Crippen LogP contribution in [0, 0.1) is 0 Å². The Morgan fingerprint density at radius 2 is 1.90 bits per heavy atom. The highest BCUT2D eigenvalue weighted by Crippen LogP contribution is 2.16. The van der Waals surface area contributed by atoms with Crippen molar-refractivity contribution in [3.05, 3.63) is 12.3 Å². The molecule has 1 saturated carbocycles. The van der Waals surface area contributed by atoms with Crippen LogP contribution in [0.2, 0.25) is 0 Å². The highest BCUT2D eigenvalue weighted by atomic mass is 15.2. The molecule has 1 heterocycles. The molecule has 1 aliphatic carbocycles. The van der Waals surface area contributed by atoms with Crippen LogP contribution < -0.4 is 15.5 Å². The first-order valence-corrected chi connectivity index (χ1v) is 7.73. The SMILES string of the molecule is CN(C)c1nccc(NCCNC2CCCCCC2)n1. The Balaban J connectivity index is 1.68. The quantitative estimate of drug-likeness (QED) is 0.617. The Morgan fingerprint density at radius 3 is 2.60 bits per heavy atom. The summed E-state index contributed by atoms with van der Waals surface area (Å²) in [6, 6.07) is 2.63. The normalized spacial score (nSPS) is 16.7. The van der Waals surface area contributed by atoms with Crippen molar-refractivity contribution in [2.24, 2.45) is 0 Å². The number of aromatic nitrogens is 2. The van der Waals surface area contributed by atoms with Crippen molar-refractivity contribution in [3.63, 3.8) is 0 Å². The standard InChI is InChI=1S/C15H27N5/c1-20(2)15-18-10-9-14(19-15)17-12-11-16-13-7-5-3-4-6-8-13/h9-10,13,16H,3-8,11-12H2,1-2H3,(H,17,18,19). The molecule has 1 aliphatic rings. The molecule has 0 radical (unpaired) electrons. The van der Waals surface area contributed by atoms with E-state index in [0.29, 0.717) is 6.04 Å². The van der Waals surface area contributed by atoms with Gasteiger partial charge in [-0.25, -0.2) is 4.98 Å². The Labute approximate surface area is 122 Å². The summed E-state index contributed by atoms with van der Waals surface area (Å²) in [6.45, 7) is 1.90. The summed E-state index contributed by atoms with van der Waals surface area (Å²) < 4.78 is 0. The van der Waals surface area contributed by atoms with Gasteiger partial charge in [0.2, 0.25) is 5.95 Å². The first kappa shape index (κ1) is 15.0. The number of hydrogen-bond donors (Lipinski definition) is 2. The fourth-order valence-corrected chi connectivity index (χ4v) is 2.61. The molecule has 5 nitrogen and oxygen atoms in total. The third kappa shape index (κ3) is 4.96. The zero-order valence-electron chi connectivity index (χ0n) is 12.7. The zero-order valence-corrected chi connectivity index (χ0v) is 12.7. The monoisotopic (exact) mass is 277 g/mol. The summed E-state index contributed by atoms with van der Waals surface area (Å²) >= 11 is 0. The van der Waals surface area contributed by atoms with Crippen LogP contribution in [-0.2, 0) is 0 Å². The summed E-state index contributed by atoms with van der Waals surface area (Å²) in [5.74, 6) is 1.64. The molecule has 1 aromatic rings. The van der Waals surface area contributed by atoms with E-state index in [1.807, 2.05) is 25.1 Å². The summed E-state index contributed by atoms with van der Waals surface area (Å²) in [6.07, 6.45) is 10.0. The lowest BCUT2D eigenvalue weighted by molar-refractivity contribution is 0.468. The van der Waals surface area contributed by atoms with Crippen LogP contribution in [0.15, 0.2) is 12.3 Å². The summed E-state index contributed by atoms with van der Waals surface area (Å²) in [7, 11) is 3.90. The third-order valence-electron chi connectivity index (χ3n) is 3.76. The van der Waals surface area contributed by atoms with Crippen molar-refractivity contribution in [2.45, 2.75) is 44.6 Å². The number of nitrogens with one attached hydrogen (secondary N) is 2. The molecule has 0 spiro atoms. The van der Waals surface area contributed by atoms with E-state index < -0.39 is 0 Å². The molecule has 1 fully saturated rings. The van der Waals surface area contributed by atoms with Gasteiger partial charge in [-0.2, -0.15) is 4.98 Å². The van der Waals surface area contributed by atoms with Crippen molar-refractivity contribution < 1.29 is 0 Å². The number of rotatable bonds is 6. The van der Waals surface area contributed by atoms with Gasteiger partial charge in [0.25, 0.3) is 0 Å². The zero-order chi connectivity index (χ0) is 14.2. The molecule has 0 aromatic carbocycles. The Morgan fingerprint density at radius 1 is 1.15 bits per heavy atom. The van der Waals surface area contributed by atoms with E-state index in [0.717, 1.165) is 24.9 Å². The third-order valence-corrected chi connectivity index (χ3v) is 3.76. The van der Waals surface area contributed by atoms with Gasteiger partial charge in [0.1, 0.15) is 5.82 Å². The van der Waals surface area contributed by atoms with Crippen molar-refractivity contribution >= 4 is 11.8 Å². The molecule has 0 atom stereocenters. The van der Waals surface area contributed by atoms with Crippen LogP contribution in [0.5, 0.6) is 0 Å². The van der Waals surface area contributed by atoms with Gasteiger partial charge < -0.3 is 15.5 Å². The highest BCUT2D eigenvalue weighted by molar-refractivity contribution is 5.40. The molecule has 0 bridgehead atoms. The van der Waals surface area contributed by atoms with E-state index in [-0.39, 0.29) is 0 Å². The molecule has 20 heavy (non-hydrogen) atoms. The van der Waals surface area contributed by atoms with Crippen LogP contribution in [0.1, 0.15) is 38.5 Å². The van der Waals surface area contributed by atoms with Crippen LogP contribution in [-0.4, -0.2) is 43.2 Å². The van der Waals surface area contributed by atoms with E-state index in [1.54, 1.807) is 6.20 Å². The smallest absolute Gasteiger partial charge is 0.226 e. The van der Waals surface area contributed by atoms with E-state index in [9.17, 15) is 0 Å². The topological polar surface area (TPSA) is 53.1 Å². The van der Waals surface area contributed by atoms with Gasteiger partial charge in [0.05, 0.1) is 0 Å². The number of hydrogen-bond acceptors (Lipinski definition) is 5. The van der Waals surface area contributed by atoms with Gasteiger partial charge in [-0.1, -0.05) is 25.7 Å². The maximum Gasteiger partial charge on any atom is 0.226 e. The Kier molecular flexibility index (Phi) is 6.05. The van der Waals surface area contributed by atoms with Crippen molar-refractivity contribution in [1.29, 1.82) is 0 Å². The fourth-order valence-electron chi connectivity index (χ4n) is 2.61. The second-order valence-corrected chi connectivity index (χ2v) is 5.71. The molecular formula is C15H27N5. The molecule has 0 unspecified atom stereocenters. The first-order valence-electron chi connectivity index (χ1n) is 7.73. The largest absolute Gasteiger partial charge is 0.369 e. The molecule has 2 rings (SSSR count). The van der Waals surface area contributed by atoms with Crippen molar-refractivity contribution in [2.75, 3.05) is 37.4 Å². The lowest BCUT2D eigenvalue weighted by Gasteiger charge is -2.16. The van der Waals surface area contributed by atoms with Gasteiger partial charge >= 0.3 is 0 Å². The minimum atomic E-state index is 0.710. The van der Waals surface area contributed by atoms with E-state index >= 15 is 0 Å². The fraction of sp³-hybridized carbons (Fsp3) is 0.733. The Hall–Kier alpha value is -1.36. The first-order chi connectivity index (χ1) is 9.75. The minimum Gasteiger partial charge on any atom is -0.369 e. The van der Waals surface area contributed by atoms with Crippen LogP contribution in [0.4, 0.5) is 11.8 Å². The lowest BCUT2D eigenvalue weighted by atomic mass is 10.1. The molecule has 0 amide bonds.